The molecule has 1 unspecified atom stereocenters. The fourth-order valence-electron chi connectivity index (χ4n) is 4.46. The minimum absolute atomic E-state index is 0.00595. The van der Waals surface area contributed by atoms with Gasteiger partial charge in [-0.2, -0.15) is 0 Å². The molecule has 0 saturated carbocycles. The van der Waals surface area contributed by atoms with Gasteiger partial charge in [0.25, 0.3) is 11.7 Å². The molecule has 0 aliphatic carbocycles. The van der Waals surface area contributed by atoms with Crippen LogP contribution in [0.5, 0.6) is 5.75 Å². The second-order valence-electron chi connectivity index (χ2n) is 10.3. The molecule has 1 heterocycles. The molecule has 0 radical (unpaired) electrons. The van der Waals surface area contributed by atoms with Gasteiger partial charge in [-0.3, -0.25) is 14.5 Å². The number of ether oxygens (including phenoxy) is 1. The molecule has 7 heteroatoms. The Hall–Kier alpha value is -3.77. The number of amides is 1. The molecule has 3 aromatic rings. The summed E-state index contributed by atoms with van der Waals surface area (Å²) in [5.41, 5.74) is 3.61. The summed E-state index contributed by atoms with van der Waals surface area (Å²) in [7, 11) is 5.35. The Labute approximate surface area is 222 Å². The van der Waals surface area contributed by atoms with Gasteiger partial charge in [-0.25, -0.2) is 0 Å². The number of ketones is 1. The van der Waals surface area contributed by atoms with E-state index in [1.165, 1.54) is 18.1 Å². The maximum atomic E-state index is 13.4. The summed E-state index contributed by atoms with van der Waals surface area (Å²) < 4.78 is 5.21. The number of aliphatic hydroxyl groups excluding tert-OH is 1. The average molecular weight is 519 g/mol. The number of nitrogens with zero attached hydrogens (tertiary/aromatic N) is 2. The molecular formula is C30H31ClN2O4. The van der Waals surface area contributed by atoms with Crippen molar-refractivity contribution < 1.29 is 19.4 Å². The lowest BCUT2D eigenvalue weighted by molar-refractivity contribution is -0.132. The number of halogens is 1. The molecule has 1 amide bonds. The number of benzene rings is 3. The lowest BCUT2D eigenvalue weighted by Gasteiger charge is -2.27. The van der Waals surface area contributed by atoms with Crippen molar-refractivity contribution >= 4 is 40.4 Å². The molecule has 6 nitrogen and oxygen atoms in total. The molecule has 4 rings (SSSR count). The van der Waals surface area contributed by atoms with Crippen LogP contribution >= 0.6 is 11.6 Å². The van der Waals surface area contributed by atoms with Gasteiger partial charge in [-0.1, -0.05) is 56.6 Å². The zero-order valence-corrected chi connectivity index (χ0v) is 22.6. The molecule has 3 aromatic carbocycles. The van der Waals surface area contributed by atoms with Gasteiger partial charge < -0.3 is 14.7 Å². The number of hydrogen-bond donors (Lipinski definition) is 1. The first-order valence-electron chi connectivity index (χ1n) is 12.0. The van der Waals surface area contributed by atoms with Crippen molar-refractivity contribution in [3.05, 3.63) is 94.0 Å². The van der Waals surface area contributed by atoms with E-state index < -0.39 is 17.7 Å². The lowest BCUT2D eigenvalue weighted by atomic mass is 9.85. The maximum absolute atomic E-state index is 13.4. The standard InChI is InChI=1S/C30H31ClN2O4/c1-30(2,3)20-10-7-18(8-11-20)26-25(27(34)19-9-16-24(37-6)23(31)17-19)28(35)29(36)33(26)22-14-12-21(13-15-22)32(4)5/h7-17,26,34H,1-6H3/b27-25-. The number of methoxy groups -OCH3 is 1. The Morgan fingerprint density at radius 1 is 0.973 bits per heavy atom. The third-order valence-corrected chi connectivity index (χ3v) is 6.90. The van der Waals surface area contributed by atoms with E-state index in [1.807, 2.05) is 55.4 Å². The van der Waals surface area contributed by atoms with Crippen molar-refractivity contribution in [1.82, 2.24) is 0 Å². The van der Waals surface area contributed by atoms with Crippen molar-refractivity contribution in [3.63, 3.8) is 0 Å². The van der Waals surface area contributed by atoms with Gasteiger partial charge in [0.15, 0.2) is 0 Å². The van der Waals surface area contributed by atoms with Gasteiger partial charge in [-0.15, -0.1) is 0 Å². The number of anilines is 2. The van der Waals surface area contributed by atoms with E-state index >= 15 is 0 Å². The second-order valence-corrected chi connectivity index (χ2v) is 10.7. The van der Waals surface area contributed by atoms with Crippen LogP contribution in [0.4, 0.5) is 11.4 Å². The van der Waals surface area contributed by atoms with Crippen molar-refractivity contribution in [2.45, 2.75) is 32.2 Å². The summed E-state index contributed by atoms with van der Waals surface area (Å²) in [4.78, 5) is 30.2. The quantitative estimate of drug-likeness (QED) is 0.242. The number of hydrogen-bond acceptors (Lipinski definition) is 5. The molecule has 192 valence electrons. The van der Waals surface area contributed by atoms with Crippen molar-refractivity contribution in [1.29, 1.82) is 0 Å². The largest absolute Gasteiger partial charge is 0.507 e. The van der Waals surface area contributed by atoms with Gasteiger partial charge in [0.1, 0.15) is 11.5 Å². The van der Waals surface area contributed by atoms with Crippen LogP contribution in [-0.4, -0.2) is 38.0 Å². The zero-order valence-electron chi connectivity index (χ0n) is 21.9. The highest BCUT2D eigenvalue weighted by Crippen LogP contribution is 2.43. The van der Waals surface area contributed by atoms with Gasteiger partial charge in [0.2, 0.25) is 0 Å². The number of Topliss-reactive ketones (excluding diaryl/α,β-unsaturated/α-hetero) is 1. The number of rotatable bonds is 5. The van der Waals surface area contributed by atoms with Gasteiger partial charge in [-0.05, 0) is 59.0 Å². The molecule has 1 atom stereocenters. The van der Waals surface area contributed by atoms with E-state index in [9.17, 15) is 14.7 Å². The highest BCUT2D eigenvalue weighted by Gasteiger charge is 2.47. The molecular weight excluding hydrogens is 488 g/mol. The van der Waals surface area contributed by atoms with E-state index in [0.29, 0.717) is 22.6 Å². The minimum Gasteiger partial charge on any atom is -0.507 e. The molecule has 1 aliphatic rings. The first-order chi connectivity index (χ1) is 17.4. The Morgan fingerprint density at radius 3 is 2.11 bits per heavy atom. The maximum Gasteiger partial charge on any atom is 0.300 e. The predicted octanol–water partition coefficient (Wildman–Crippen LogP) is 6.34. The topological polar surface area (TPSA) is 70.1 Å². The summed E-state index contributed by atoms with van der Waals surface area (Å²) in [5.74, 6) is -1.32. The summed E-state index contributed by atoms with van der Waals surface area (Å²) >= 11 is 6.30. The van der Waals surface area contributed by atoms with Crippen LogP contribution in [0.3, 0.4) is 0 Å². The van der Waals surface area contributed by atoms with E-state index in [1.54, 1.807) is 24.3 Å². The number of aliphatic hydroxyl groups is 1. The fraction of sp³-hybridized carbons (Fsp3) is 0.267. The molecule has 1 aliphatic heterocycles. The average Bonchev–Trinajstić information content (AvgIpc) is 3.13. The zero-order chi connectivity index (χ0) is 27.1. The normalized spacial score (nSPS) is 17.3. The van der Waals surface area contributed by atoms with Crippen LogP contribution in [0, 0.1) is 0 Å². The van der Waals surface area contributed by atoms with Gasteiger partial charge in [0.05, 0.1) is 23.7 Å². The van der Waals surface area contributed by atoms with E-state index in [-0.39, 0.29) is 21.8 Å². The fourth-order valence-corrected chi connectivity index (χ4v) is 4.72. The number of carbonyl (C=O) groups excluding carboxylic acids is 2. The Bertz CT molecular complexity index is 1370. The highest BCUT2D eigenvalue weighted by atomic mass is 35.5. The van der Waals surface area contributed by atoms with Crippen molar-refractivity contribution in [3.8, 4) is 5.75 Å². The van der Waals surface area contributed by atoms with E-state index in [0.717, 1.165) is 11.3 Å². The molecule has 37 heavy (non-hydrogen) atoms. The lowest BCUT2D eigenvalue weighted by Crippen LogP contribution is -2.29. The molecule has 0 bridgehead atoms. The summed E-state index contributed by atoms with van der Waals surface area (Å²) in [6, 6.07) is 19.1. The minimum atomic E-state index is -0.819. The summed E-state index contributed by atoms with van der Waals surface area (Å²) in [5, 5.41) is 11.7. The summed E-state index contributed by atoms with van der Waals surface area (Å²) in [6.45, 7) is 6.36. The van der Waals surface area contributed by atoms with Crippen LogP contribution in [0.25, 0.3) is 5.76 Å². The molecule has 1 N–H and O–H groups in total. The Balaban J connectivity index is 1.91. The molecule has 1 saturated heterocycles. The smallest absolute Gasteiger partial charge is 0.300 e. The molecule has 0 spiro atoms. The van der Waals surface area contributed by atoms with E-state index in [4.69, 9.17) is 16.3 Å². The van der Waals surface area contributed by atoms with E-state index in [2.05, 4.69) is 20.8 Å². The SMILES string of the molecule is COc1ccc(/C(O)=C2/C(=O)C(=O)N(c3ccc(N(C)C)cc3)C2c2ccc(C(C)(C)C)cc2)cc1Cl. The highest BCUT2D eigenvalue weighted by molar-refractivity contribution is 6.51. The first-order valence-corrected chi connectivity index (χ1v) is 12.3. The van der Waals surface area contributed by atoms with Crippen LogP contribution in [0.1, 0.15) is 43.5 Å². The second kappa shape index (κ2) is 9.94. The van der Waals surface area contributed by atoms with Crippen LogP contribution in [0.2, 0.25) is 5.02 Å². The molecule has 0 aromatic heterocycles. The first kappa shape index (κ1) is 26.3. The van der Waals surface area contributed by atoms with Crippen molar-refractivity contribution in [2.24, 2.45) is 0 Å². The predicted molar refractivity (Wildman–Crippen MR) is 149 cm³/mol. The monoisotopic (exact) mass is 518 g/mol. The number of carbonyl (C=O) groups is 2. The Morgan fingerprint density at radius 2 is 1.59 bits per heavy atom. The van der Waals surface area contributed by atoms with Crippen LogP contribution in [0.15, 0.2) is 72.3 Å². The molecule has 1 fully saturated rings. The Kier molecular flexibility index (Phi) is 7.07. The van der Waals surface area contributed by atoms with Crippen molar-refractivity contribution in [2.75, 3.05) is 31.0 Å². The van der Waals surface area contributed by atoms with Gasteiger partial charge in [0, 0.05) is 31.0 Å². The van der Waals surface area contributed by atoms with Crippen LogP contribution in [-0.2, 0) is 15.0 Å². The third-order valence-electron chi connectivity index (χ3n) is 6.61. The van der Waals surface area contributed by atoms with Gasteiger partial charge >= 0.3 is 0 Å². The summed E-state index contributed by atoms with van der Waals surface area (Å²) in [6.07, 6.45) is 0. The van der Waals surface area contributed by atoms with Crippen LogP contribution < -0.4 is 14.5 Å². The third kappa shape index (κ3) is 4.94.